The Morgan fingerprint density at radius 2 is 2.00 bits per heavy atom. The lowest BCUT2D eigenvalue weighted by molar-refractivity contribution is 0.251. The van der Waals surface area contributed by atoms with E-state index in [1.165, 1.54) is 6.07 Å². The fourth-order valence-corrected chi connectivity index (χ4v) is 1.54. The second-order valence-corrected chi connectivity index (χ2v) is 4.13. The van der Waals surface area contributed by atoms with Crippen molar-refractivity contribution in [2.75, 3.05) is 5.32 Å². The molecule has 2 N–H and O–H groups in total. The minimum atomic E-state index is -0.341. The average molecular weight is 259 g/mol. The van der Waals surface area contributed by atoms with Crippen LogP contribution in [-0.2, 0) is 6.54 Å². The number of nitrogens with zero attached hydrogens (tertiary/aromatic N) is 1. The third-order valence-electron chi connectivity index (χ3n) is 2.63. The molecule has 2 rings (SSSR count). The third-order valence-corrected chi connectivity index (χ3v) is 2.63. The molecule has 0 aliphatic carbocycles. The van der Waals surface area contributed by atoms with Crippen molar-refractivity contribution in [2.24, 2.45) is 0 Å². The number of carbonyl (C=O) groups is 1. The molecule has 0 saturated heterocycles. The first-order valence-corrected chi connectivity index (χ1v) is 5.85. The van der Waals surface area contributed by atoms with Crippen LogP contribution in [-0.4, -0.2) is 11.0 Å². The van der Waals surface area contributed by atoms with E-state index in [0.29, 0.717) is 16.8 Å². The zero-order valence-corrected chi connectivity index (χ0v) is 10.5. The maximum absolute atomic E-state index is 13.3. The summed E-state index contributed by atoms with van der Waals surface area (Å²) >= 11 is 0. The molecular weight excluding hydrogens is 245 g/mol. The first-order valence-electron chi connectivity index (χ1n) is 5.85. The van der Waals surface area contributed by atoms with Crippen LogP contribution in [0.25, 0.3) is 0 Å². The maximum atomic E-state index is 13.3. The summed E-state index contributed by atoms with van der Waals surface area (Å²) in [7, 11) is 0. The highest BCUT2D eigenvalue weighted by Gasteiger charge is 2.03. The minimum absolute atomic E-state index is 0.270. The number of nitrogens with one attached hydrogen (secondary N) is 2. The Kier molecular flexibility index (Phi) is 4.07. The normalized spacial score (nSPS) is 10.0. The van der Waals surface area contributed by atoms with Crippen LogP contribution < -0.4 is 10.6 Å². The standard InChI is InChI=1S/C14H14FN3O/c1-10-2-3-11(8-13(10)15)9-17-14(19)18-12-4-6-16-7-5-12/h2-8H,9H2,1H3,(H2,16,17,18,19). The molecule has 0 spiro atoms. The lowest BCUT2D eigenvalue weighted by Gasteiger charge is -2.08. The van der Waals surface area contributed by atoms with E-state index in [0.717, 1.165) is 0 Å². The topological polar surface area (TPSA) is 54.0 Å². The van der Waals surface area contributed by atoms with Crippen molar-refractivity contribution in [3.63, 3.8) is 0 Å². The van der Waals surface area contributed by atoms with Gasteiger partial charge in [0.15, 0.2) is 0 Å². The van der Waals surface area contributed by atoms with E-state index in [1.807, 2.05) is 0 Å². The third kappa shape index (κ3) is 3.77. The van der Waals surface area contributed by atoms with Gasteiger partial charge in [-0.05, 0) is 36.2 Å². The van der Waals surface area contributed by atoms with Gasteiger partial charge in [-0.25, -0.2) is 9.18 Å². The molecule has 0 unspecified atom stereocenters. The molecule has 0 atom stereocenters. The van der Waals surface area contributed by atoms with Crippen molar-refractivity contribution in [1.82, 2.24) is 10.3 Å². The summed E-state index contributed by atoms with van der Waals surface area (Å²) < 4.78 is 13.3. The van der Waals surface area contributed by atoms with E-state index >= 15 is 0 Å². The number of pyridine rings is 1. The summed E-state index contributed by atoms with van der Waals surface area (Å²) in [6.07, 6.45) is 3.18. The Morgan fingerprint density at radius 3 is 2.68 bits per heavy atom. The minimum Gasteiger partial charge on any atom is -0.334 e. The van der Waals surface area contributed by atoms with Gasteiger partial charge in [0.25, 0.3) is 0 Å². The van der Waals surface area contributed by atoms with E-state index in [-0.39, 0.29) is 18.4 Å². The fourth-order valence-electron chi connectivity index (χ4n) is 1.54. The Labute approximate surface area is 110 Å². The van der Waals surface area contributed by atoms with E-state index in [2.05, 4.69) is 15.6 Å². The van der Waals surface area contributed by atoms with Gasteiger partial charge in [0.05, 0.1) is 0 Å². The molecule has 1 aromatic carbocycles. The molecule has 0 saturated carbocycles. The number of halogens is 1. The van der Waals surface area contributed by atoms with Gasteiger partial charge in [-0.3, -0.25) is 4.98 Å². The van der Waals surface area contributed by atoms with Gasteiger partial charge in [0, 0.05) is 24.6 Å². The van der Waals surface area contributed by atoms with Crippen LogP contribution >= 0.6 is 0 Å². The van der Waals surface area contributed by atoms with Crippen LogP contribution in [0, 0.1) is 12.7 Å². The highest BCUT2D eigenvalue weighted by Crippen LogP contribution is 2.09. The van der Waals surface area contributed by atoms with E-state index < -0.39 is 0 Å². The second-order valence-electron chi connectivity index (χ2n) is 4.13. The molecule has 2 aromatic rings. The van der Waals surface area contributed by atoms with E-state index in [1.54, 1.807) is 43.6 Å². The first kappa shape index (κ1) is 13.0. The molecule has 0 aliphatic heterocycles. The SMILES string of the molecule is Cc1ccc(CNC(=O)Nc2ccncc2)cc1F. The molecular formula is C14H14FN3O. The monoisotopic (exact) mass is 259 g/mol. The number of aromatic nitrogens is 1. The Bertz CT molecular complexity index is 572. The lowest BCUT2D eigenvalue weighted by Crippen LogP contribution is -2.28. The average Bonchev–Trinajstić information content (AvgIpc) is 2.41. The lowest BCUT2D eigenvalue weighted by atomic mass is 10.1. The number of carbonyl (C=O) groups excluding carboxylic acids is 1. The zero-order chi connectivity index (χ0) is 13.7. The highest BCUT2D eigenvalue weighted by molar-refractivity contribution is 5.88. The molecule has 2 amide bonds. The predicted molar refractivity (Wildman–Crippen MR) is 71.2 cm³/mol. The molecule has 98 valence electrons. The summed E-state index contributed by atoms with van der Waals surface area (Å²) in [5.41, 5.74) is 1.96. The number of anilines is 1. The molecule has 0 aliphatic rings. The molecule has 4 nitrogen and oxygen atoms in total. The van der Waals surface area contributed by atoms with Crippen LogP contribution in [0.4, 0.5) is 14.9 Å². The van der Waals surface area contributed by atoms with Gasteiger partial charge in [-0.15, -0.1) is 0 Å². The number of benzene rings is 1. The smallest absolute Gasteiger partial charge is 0.319 e. The summed E-state index contributed by atoms with van der Waals surface area (Å²) in [5.74, 6) is -0.270. The summed E-state index contributed by atoms with van der Waals surface area (Å²) in [5, 5.41) is 5.31. The van der Waals surface area contributed by atoms with Gasteiger partial charge in [0.1, 0.15) is 5.82 Å². The first-order chi connectivity index (χ1) is 9.15. The Balaban J connectivity index is 1.88. The van der Waals surface area contributed by atoms with Gasteiger partial charge in [-0.2, -0.15) is 0 Å². The van der Waals surface area contributed by atoms with Crippen LogP contribution in [0.3, 0.4) is 0 Å². The predicted octanol–water partition coefficient (Wildman–Crippen LogP) is 2.85. The van der Waals surface area contributed by atoms with Crippen molar-refractivity contribution in [3.8, 4) is 0 Å². The van der Waals surface area contributed by atoms with Gasteiger partial charge in [-0.1, -0.05) is 12.1 Å². The number of aryl methyl sites for hydroxylation is 1. The molecule has 5 heteroatoms. The van der Waals surface area contributed by atoms with Gasteiger partial charge >= 0.3 is 6.03 Å². The summed E-state index contributed by atoms with van der Waals surface area (Å²) in [4.78, 5) is 15.5. The maximum Gasteiger partial charge on any atom is 0.319 e. The number of hydrogen-bond acceptors (Lipinski definition) is 2. The molecule has 1 heterocycles. The van der Waals surface area contributed by atoms with Crippen molar-refractivity contribution in [3.05, 3.63) is 59.7 Å². The summed E-state index contributed by atoms with van der Waals surface area (Å²) in [6.45, 7) is 1.97. The number of amides is 2. The highest BCUT2D eigenvalue weighted by atomic mass is 19.1. The molecule has 1 aromatic heterocycles. The molecule has 0 fully saturated rings. The summed E-state index contributed by atoms with van der Waals surface area (Å²) in [6, 6.07) is 7.92. The largest absolute Gasteiger partial charge is 0.334 e. The van der Waals surface area contributed by atoms with Crippen LogP contribution in [0.1, 0.15) is 11.1 Å². The van der Waals surface area contributed by atoms with E-state index in [4.69, 9.17) is 0 Å². The van der Waals surface area contributed by atoms with Crippen molar-refractivity contribution >= 4 is 11.7 Å². The second kappa shape index (κ2) is 5.95. The van der Waals surface area contributed by atoms with Crippen molar-refractivity contribution in [2.45, 2.75) is 13.5 Å². The van der Waals surface area contributed by atoms with E-state index in [9.17, 15) is 9.18 Å². The van der Waals surface area contributed by atoms with Crippen LogP contribution in [0.15, 0.2) is 42.7 Å². The van der Waals surface area contributed by atoms with Crippen molar-refractivity contribution in [1.29, 1.82) is 0 Å². The molecule has 0 radical (unpaired) electrons. The Hall–Kier alpha value is -2.43. The van der Waals surface area contributed by atoms with Crippen LogP contribution in [0.5, 0.6) is 0 Å². The number of rotatable bonds is 3. The number of hydrogen-bond donors (Lipinski definition) is 2. The van der Waals surface area contributed by atoms with Gasteiger partial charge < -0.3 is 10.6 Å². The quantitative estimate of drug-likeness (QED) is 0.890. The number of urea groups is 1. The molecule has 19 heavy (non-hydrogen) atoms. The molecule has 0 bridgehead atoms. The van der Waals surface area contributed by atoms with Crippen molar-refractivity contribution < 1.29 is 9.18 Å². The Morgan fingerprint density at radius 1 is 1.26 bits per heavy atom. The van der Waals surface area contributed by atoms with Gasteiger partial charge in [0.2, 0.25) is 0 Å². The fraction of sp³-hybridized carbons (Fsp3) is 0.143. The zero-order valence-electron chi connectivity index (χ0n) is 10.5. The van der Waals surface area contributed by atoms with Crippen LogP contribution in [0.2, 0.25) is 0 Å².